The standard InChI is InChI=1S/C27H27N5/c1-17-18(2)31-32-25(17)29-16-21-15-23(19-7-4-3-5-8-19)24(30-26(21)32)20-9-11-22(12-10-20)27(28)13-6-14-27/h3-5,7-9,11-12,15-16,20H,6,10,13-14,28H2,1-2H3. The van der Waals surface area contributed by atoms with E-state index in [4.69, 9.17) is 15.8 Å². The van der Waals surface area contributed by atoms with E-state index in [9.17, 15) is 0 Å². The number of aryl methyl sites for hydroxylation is 2. The van der Waals surface area contributed by atoms with Crippen LogP contribution in [-0.4, -0.2) is 25.1 Å². The van der Waals surface area contributed by atoms with E-state index in [1.54, 1.807) is 0 Å². The molecule has 0 bridgehead atoms. The molecule has 1 aromatic carbocycles. The number of hydrogen-bond donors (Lipinski definition) is 1. The molecule has 3 heterocycles. The van der Waals surface area contributed by atoms with E-state index in [0.717, 1.165) is 58.5 Å². The zero-order valence-electron chi connectivity index (χ0n) is 18.5. The Morgan fingerprint density at radius 3 is 2.59 bits per heavy atom. The van der Waals surface area contributed by atoms with Crippen LogP contribution >= 0.6 is 0 Å². The number of hydrogen-bond acceptors (Lipinski definition) is 4. The molecule has 0 radical (unpaired) electrons. The first-order valence-electron chi connectivity index (χ1n) is 11.4. The van der Waals surface area contributed by atoms with Crippen molar-refractivity contribution in [3.05, 3.63) is 83.3 Å². The molecule has 1 atom stereocenters. The van der Waals surface area contributed by atoms with Crippen LogP contribution in [0.2, 0.25) is 0 Å². The van der Waals surface area contributed by atoms with Crippen molar-refractivity contribution in [3.63, 3.8) is 0 Å². The molecular weight excluding hydrogens is 394 g/mol. The molecule has 0 spiro atoms. The molecule has 2 aliphatic carbocycles. The summed E-state index contributed by atoms with van der Waals surface area (Å²) in [5.74, 6) is 0.197. The fourth-order valence-corrected chi connectivity index (χ4v) is 4.99. The van der Waals surface area contributed by atoms with Gasteiger partial charge in [-0.15, -0.1) is 0 Å². The van der Waals surface area contributed by atoms with E-state index in [-0.39, 0.29) is 11.5 Å². The van der Waals surface area contributed by atoms with Gasteiger partial charge in [0.1, 0.15) is 0 Å². The average Bonchev–Trinajstić information content (AvgIpc) is 3.11. The lowest BCUT2D eigenvalue weighted by atomic mass is 9.70. The third-order valence-corrected chi connectivity index (χ3v) is 7.27. The van der Waals surface area contributed by atoms with Crippen molar-refractivity contribution in [1.82, 2.24) is 19.6 Å². The Bertz CT molecular complexity index is 1410. The van der Waals surface area contributed by atoms with Crippen LogP contribution in [0, 0.1) is 13.8 Å². The van der Waals surface area contributed by atoms with Crippen molar-refractivity contribution < 1.29 is 0 Å². The van der Waals surface area contributed by atoms with E-state index in [2.05, 4.69) is 60.5 Å². The van der Waals surface area contributed by atoms with Crippen LogP contribution in [0.4, 0.5) is 0 Å². The van der Waals surface area contributed by atoms with Crippen LogP contribution in [0.25, 0.3) is 27.8 Å². The summed E-state index contributed by atoms with van der Waals surface area (Å²) in [4.78, 5) is 9.91. The summed E-state index contributed by atoms with van der Waals surface area (Å²) in [6, 6.07) is 12.7. The lowest BCUT2D eigenvalue weighted by Gasteiger charge is -2.40. The van der Waals surface area contributed by atoms with Crippen LogP contribution in [0.1, 0.15) is 48.6 Å². The first-order valence-corrected chi connectivity index (χ1v) is 11.4. The maximum absolute atomic E-state index is 6.58. The zero-order chi connectivity index (χ0) is 21.9. The summed E-state index contributed by atoms with van der Waals surface area (Å²) < 4.78 is 1.90. The van der Waals surface area contributed by atoms with Gasteiger partial charge < -0.3 is 5.73 Å². The molecule has 0 saturated heterocycles. The number of aromatic nitrogens is 4. The molecule has 32 heavy (non-hydrogen) atoms. The number of rotatable bonds is 3. The van der Waals surface area contributed by atoms with Gasteiger partial charge in [0, 0.05) is 34.2 Å². The van der Waals surface area contributed by atoms with Crippen molar-refractivity contribution in [3.8, 4) is 11.1 Å². The fourth-order valence-electron chi connectivity index (χ4n) is 4.99. The second-order valence-electron chi connectivity index (χ2n) is 9.27. The Hall–Kier alpha value is -3.31. The maximum atomic E-state index is 6.58. The van der Waals surface area contributed by atoms with Gasteiger partial charge in [0.25, 0.3) is 0 Å². The molecule has 3 aromatic heterocycles. The van der Waals surface area contributed by atoms with E-state index in [1.165, 1.54) is 17.6 Å². The first-order chi connectivity index (χ1) is 15.5. The smallest absolute Gasteiger partial charge is 0.164 e. The molecule has 0 aliphatic heterocycles. The summed E-state index contributed by atoms with van der Waals surface area (Å²) >= 11 is 0. The third-order valence-electron chi connectivity index (χ3n) is 7.27. The topological polar surface area (TPSA) is 69.1 Å². The van der Waals surface area contributed by atoms with Crippen LogP contribution in [-0.2, 0) is 0 Å². The summed E-state index contributed by atoms with van der Waals surface area (Å²) in [6.45, 7) is 4.09. The number of pyridine rings is 1. The van der Waals surface area contributed by atoms with Gasteiger partial charge in [-0.25, -0.2) is 9.97 Å². The molecule has 2 aliphatic rings. The molecular formula is C27H27N5. The minimum atomic E-state index is -0.123. The Morgan fingerprint density at radius 2 is 1.91 bits per heavy atom. The highest BCUT2D eigenvalue weighted by Crippen LogP contribution is 2.41. The van der Waals surface area contributed by atoms with Gasteiger partial charge in [0.05, 0.1) is 11.4 Å². The van der Waals surface area contributed by atoms with Crippen molar-refractivity contribution in [2.24, 2.45) is 5.73 Å². The van der Waals surface area contributed by atoms with Gasteiger partial charge in [0.2, 0.25) is 0 Å². The lowest BCUT2D eigenvalue weighted by molar-refractivity contribution is 0.302. The molecule has 0 amide bonds. The van der Waals surface area contributed by atoms with Crippen molar-refractivity contribution >= 4 is 16.7 Å². The third kappa shape index (κ3) is 2.92. The molecule has 4 aromatic rings. The first kappa shape index (κ1) is 19.4. The predicted molar refractivity (Wildman–Crippen MR) is 129 cm³/mol. The van der Waals surface area contributed by atoms with Crippen molar-refractivity contribution in [1.29, 1.82) is 0 Å². The zero-order valence-corrected chi connectivity index (χ0v) is 18.5. The highest BCUT2D eigenvalue weighted by molar-refractivity contribution is 5.84. The van der Waals surface area contributed by atoms with Gasteiger partial charge in [-0.2, -0.15) is 9.61 Å². The van der Waals surface area contributed by atoms with E-state index < -0.39 is 0 Å². The van der Waals surface area contributed by atoms with Crippen molar-refractivity contribution in [2.75, 3.05) is 0 Å². The SMILES string of the molecule is Cc1nn2c(ncc3cc(-c4ccccc4)c(C4C=CC(C5(N)CCC5)=CC4)nc32)c1C. The predicted octanol–water partition coefficient (Wildman–Crippen LogP) is 5.41. The van der Waals surface area contributed by atoms with Gasteiger partial charge in [-0.1, -0.05) is 48.6 Å². The summed E-state index contributed by atoms with van der Waals surface area (Å²) in [5.41, 5.74) is 15.0. The highest BCUT2D eigenvalue weighted by atomic mass is 15.3. The number of benzene rings is 1. The molecule has 6 rings (SSSR count). The second kappa shape index (κ2) is 7.10. The lowest BCUT2D eigenvalue weighted by Crippen LogP contribution is -2.48. The second-order valence-corrected chi connectivity index (χ2v) is 9.27. The largest absolute Gasteiger partial charge is 0.321 e. The molecule has 5 heteroatoms. The molecule has 1 saturated carbocycles. The van der Waals surface area contributed by atoms with Gasteiger partial charge in [0.15, 0.2) is 11.3 Å². The number of fused-ring (bicyclic) bond motifs is 3. The highest BCUT2D eigenvalue weighted by Gasteiger charge is 2.36. The number of nitrogens with zero attached hydrogens (tertiary/aromatic N) is 4. The Morgan fingerprint density at radius 1 is 1.09 bits per heavy atom. The van der Waals surface area contributed by atoms with Gasteiger partial charge in [-0.3, -0.25) is 0 Å². The van der Waals surface area contributed by atoms with Crippen LogP contribution in [0.15, 0.2) is 66.4 Å². The average molecular weight is 422 g/mol. The normalized spacial score (nSPS) is 19.8. The number of allylic oxidation sites excluding steroid dienone is 2. The fraction of sp³-hybridized carbons (Fsp3) is 0.296. The van der Waals surface area contributed by atoms with E-state index in [1.807, 2.05) is 23.7 Å². The Labute approximate surface area is 187 Å². The quantitative estimate of drug-likeness (QED) is 0.480. The van der Waals surface area contributed by atoms with Crippen molar-refractivity contribution in [2.45, 2.75) is 51.0 Å². The van der Waals surface area contributed by atoms with Gasteiger partial charge >= 0.3 is 0 Å². The van der Waals surface area contributed by atoms with Crippen LogP contribution in [0.5, 0.6) is 0 Å². The Balaban J connectivity index is 1.52. The summed E-state index contributed by atoms with van der Waals surface area (Å²) in [5, 5.41) is 5.73. The van der Waals surface area contributed by atoms with E-state index >= 15 is 0 Å². The minimum absolute atomic E-state index is 0.123. The number of nitrogens with two attached hydrogens (primary N) is 1. The molecule has 1 fully saturated rings. The summed E-state index contributed by atoms with van der Waals surface area (Å²) in [7, 11) is 0. The Kier molecular flexibility index (Phi) is 4.30. The molecule has 1 unspecified atom stereocenters. The molecule has 2 N–H and O–H groups in total. The minimum Gasteiger partial charge on any atom is -0.321 e. The molecule has 160 valence electrons. The molecule has 5 nitrogen and oxygen atoms in total. The van der Waals surface area contributed by atoms with Crippen LogP contribution in [0.3, 0.4) is 0 Å². The monoisotopic (exact) mass is 421 g/mol. The van der Waals surface area contributed by atoms with Gasteiger partial charge in [-0.05, 0) is 56.7 Å². The maximum Gasteiger partial charge on any atom is 0.164 e. The summed E-state index contributed by atoms with van der Waals surface area (Å²) in [6.07, 6.45) is 13.1. The van der Waals surface area contributed by atoms with Crippen LogP contribution < -0.4 is 5.73 Å². The van der Waals surface area contributed by atoms with E-state index in [0.29, 0.717) is 0 Å².